The third-order valence-electron chi connectivity index (χ3n) is 7.54. The van der Waals surface area contributed by atoms with Gasteiger partial charge in [0.2, 0.25) is 0 Å². The molecule has 0 aliphatic carbocycles. The number of benzene rings is 2. The Morgan fingerprint density at radius 1 is 1.00 bits per heavy atom. The molecule has 0 bridgehead atoms. The summed E-state index contributed by atoms with van der Waals surface area (Å²) in [6.07, 6.45) is 8.78. The maximum Gasteiger partial charge on any atom is 0.195 e. The molecule has 3 heterocycles. The number of carbonyl (C=O) groups is 1. The van der Waals surface area contributed by atoms with Crippen LogP contribution in [0.15, 0.2) is 48.7 Å². The highest BCUT2D eigenvalue weighted by Gasteiger charge is 2.14. The second-order valence-corrected chi connectivity index (χ2v) is 11.0. The van der Waals surface area contributed by atoms with Gasteiger partial charge in [-0.3, -0.25) is 14.1 Å². The summed E-state index contributed by atoms with van der Waals surface area (Å²) in [5.41, 5.74) is 5.46. The van der Waals surface area contributed by atoms with Crippen LogP contribution < -0.4 is 0 Å². The van der Waals surface area contributed by atoms with Crippen molar-refractivity contribution in [1.29, 1.82) is 0 Å². The molecule has 190 valence electrons. The number of imidazole rings is 1. The molecule has 1 aliphatic heterocycles. The maximum atomic E-state index is 12.8. The molecule has 0 spiro atoms. The van der Waals surface area contributed by atoms with Crippen molar-refractivity contribution in [2.24, 2.45) is 0 Å². The minimum atomic E-state index is 0.243. The van der Waals surface area contributed by atoms with Crippen molar-refractivity contribution in [3.05, 3.63) is 59.8 Å². The number of Topliss-reactive ketones (excluding diaryl/α,β-unsaturated/α-hetero) is 1. The second kappa shape index (κ2) is 11.7. The van der Waals surface area contributed by atoms with Crippen LogP contribution in [-0.4, -0.2) is 57.7 Å². The molecule has 6 heteroatoms. The largest absolute Gasteiger partial charge is 0.304 e. The topological polar surface area (TPSA) is 40.9 Å². The Morgan fingerprint density at radius 2 is 1.78 bits per heavy atom. The van der Waals surface area contributed by atoms with Gasteiger partial charge in [0.25, 0.3) is 0 Å². The minimum absolute atomic E-state index is 0.243. The summed E-state index contributed by atoms with van der Waals surface area (Å²) in [5.74, 6) is 0.243. The Hall–Kier alpha value is -2.54. The summed E-state index contributed by atoms with van der Waals surface area (Å²) >= 11 is 1.66. The number of likely N-dealkylation sites (tertiary alicyclic amines) is 1. The summed E-state index contributed by atoms with van der Waals surface area (Å²) in [6, 6.07) is 15.0. The Morgan fingerprint density at radius 3 is 2.53 bits per heavy atom. The molecule has 5 nitrogen and oxygen atoms in total. The lowest BCUT2D eigenvalue weighted by molar-refractivity contribution is 0.0978. The van der Waals surface area contributed by atoms with Crippen LogP contribution >= 0.6 is 11.3 Å². The lowest BCUT2D eigenvalue weighted by Crippen LogP contribution is -2.28. The molecule has 0 radical (unpaired) electrons. The zero-order valence-electron chi connectivity index (χ0n) is 21.7. The highest BCUT2D eigenvalue weighted by Crippen LogP contribution is 2.31. The summed E-state index contributed by atoms with van der Waals surface area (Å²) < 4.78 is 3.28. The molecule has 1 aliphatic rings. The van der Waals surface area contributed by atoms with E-state index in [4.69, 9.17) is 4.98 Å². The third-order valence-corrected chi connectivity index (χ3v) is 8.56. The molecule has 1 fully saturated rings. The number of rotatable bonds is 11. The number of thiazole rings is 1. The van der Waals surface area contributed by atoms with Crippen molar-refractivity contribution in [2.75, 3.05) is 32.7 Å². The number of nitrogens with zero attached hydrogens (tertiary/aromatic N) is 4. The van der Waals surface area contributed by atoms with Crippen LogP contribution in [0.25, 0.3) is 26.4 Å². The molecule has 4 aromatic rings. The van der Waals surface area contributed by atoms with E-state index in [1.807, 2.05) is 6.07 Å². The van der Waals surface area contributed by atoms with Gasteiger partial charge in [0.15, 0.2) is 10.7 Å². The fourth-order valence-corrected chi connectivity index (χ4v) is 6.32. The number of hydrogen-bond donors (Lipinski definition) is 0. The van der Waals surface area contributed by atoms with Gasteiger partial charge in [-0.25, -0.2) is 4.98 Å². The lowest BCUT2D eigenvalue weighted by Gasteiger charge is -2.26. The van der Waals surface area contributed by atoms with Gasteiger partial charge < -0.3 is 4.90 Å². The fourth-order valence-electron chi connectivity index (χ4n) is 5.28. The fraction of sp³-hybridized carbons (Fsp3) is 0.467. The number of piperidine rings is 1. The number of ketones is 1. The first-order valence-corrected chi connectivity index (χ1v) is 14.4. The van der Waals surface area contributed by atoms with Crippen LogP contribution in [0.5, 0.6) is 0 Å². The molecule has 2 aromatic carbocycles. The van der Waals surface area contributed by atoms with E-state index < -0.39 is 0 Å². The zero-order valence-corrected chi connectivity index (χ0v) is 22.5. The molecule has 0 atom stereocenters. The predicted octanol–water partition coefficient (Wildman–Crippen LogP) is 6.90. The number of aromatic nitrogens is 2. The molecule has 0 N–H and O–H groups in total. The summed E-state index contributed by atoms with van der Waals surface area (Å²) in [5, 5.41) is 0. The van der Waals surface area contributed by atoms with Crippen LogP contribution in [0.1, 0.15) is 68.3 Å². The van der Waals surface area contributed by atoms with Crippen molar-refractivity contribution in [3.8, 4) is 11.3 Å². The number of carbonyl (C=O) groups excluding carboxylic acids is 1. The first-order valence-electron chi connectivity index (χ1n) is 13.6. The van der Waals surface area contributed by atoms with Crippen molar-refractivity contribution >= 4 is 32.3 Å². The Bertz CT molecular complexity index is 1300. The molecule has 0 amide bonds. The highest BCUT2D eigenvalue weighted by atomic mass is 32.1. The monoisotopic (exact) mass is 502 g/mol. The van der Waals surface area contributed by atoms with Crippen LogP contribution in [0, 0.1) is 0 Å². The van der Waals surface area contributed by atoms with Gasteiger partial charge >= 0.3 is 0 Å². The van der Waals surface area contributed by atoms with Gasteiger partial charge in [0.05, 0.1) is 15.9 Å². The predicted molar refractivity (Wildman–Crippen MR) is 151 cm³/mol. The van der Waals surface area contributed by atoms with E-state index in [2.05, 4.69) is 70.6 Å². The van der Waals surface area contributed by atoms with Crippen LogP contribution in [0.4, 0.5) is 0 Å². The van der Waals surface area contributed by atoms with Gasteiger partial charge in [0.1, 0.15) is 0 Å². The Labute approximate surface area is 218 Å². The zero-order chi connectivity index (χ0) is 24.9. The normalized spacial score (nSPS) is 14.9. The third kappa shape index (κ3) is 5.72. The summed E-state index contributed by atoms with van der Waals surface area (Å²) in [6.45, 7) is 11.1. The molecular formula is C30H38N4OS. The average molecular weight is 503 g/mol. The standard InChI is InChI=1S/C30H38N4OS/c1-3-32(4-2)17-9-6-10-28(35)25-15-16-27-29(20-25)36-30-31-26(22-34(27)30)24-13-11-23(12-14-24)21-33-18-7-5-8-19-33/h11-16,20,22H,3-10,17-19,21H2,1-2H3. The van der Waals surface area contributed by atoms with Gasteiger partial charge in [-0.05, 0) is 82.2 Å². The van der Waals surface area contributed by atoms with E-state index in [-0.39, 0.29) is 5.78 Å². The van der Waals surface area contributed by atoms with Crippen LogP contribution in [0.3, 0.4) is 0 Å². The van der Waals surface area contributed by atoms with Gasteiger partial charge in [-0.15, -0.1) is 0 Å². The maximum absolute atomic E-state index is 12.8. The molecular weight excluding hydrogens is 464 g/mol. The summed E-state index contributed by atoms with van der Waals surface area (Å²) in [4.78, 5) is 23.6. The van der Waals surface area contributed by atoms with E-state index in [1.165, 1.54) is 37.9 Å². The number of hydrogen-bond acceptors (Lipinski definition) is 5. The first kappa shape index (κ1) is 25.1. The molecule has 5 rings (SSSR count). The Kier molecular flexibility index (Phi) is 8.15. The highest BCUT2D eigenvalue weighted by molar-refractivity contribution is 7.23. The van der Waals surface area contributed by atoms with Crippen LogP contribution in [-0.2, 0) is 6.54 Å². The van der Waals surface area contributed by atoms with Gasteiger partial charge in [0, 0.05) is 30.3 Å². The van der Waals surface area contributed by atoms with Crippen LogP contribution in [0.2, 0.25) is 0 Å². The first-order chi connectivity index (χ1) is 17.6. The van der Waals surface area contributed by atoms with Crippen molar-refractivity contribution in [1.82, 2.24) is 19.2 Å². The van der Waals surface area contributed by atoms with E-state index >= 15 is 0 Å². The minimum Gasteiger partial charge on any atom is -0.304 e. The van der Waals surface area contributed by atoms with Gasteiger partial charge in [-0.2, -0.15) is 0 Å². The van der Waals surface area contributed by atoms with E-state index in [0.717, 1.165) is 71.0 Å². The Balaban J connectivity index is 1.24. The second-order valence-electron chi connectivity index (χ2n) is 10.0. The summed E-state index contributed by atoms with van der Waals surface area (Å²) in [7, 11) is 0. The number of fused-ring (bicyclic) bond motifs is 3. The van der Waals surface area contributed by atoms with Crippen molar-refractivity contribution in [3.63, 3.8) is 0 Å². The molecule has 1 saturated heterocycles. The van der Waals surface area contributed by atoms with E-state index in [1.54, 1.807) is 11.3 Å². The quantitative estimate of drug-likeness (QED) is 0.165. The smallest absolute Gasteiger partial charge is 0.195 e. The molecule has 36 heavy (non-hydrogen) atoms. The SMILES string of the molecule is CCN(CC)CCCCC(=O)c1ccc2c(c1)sc1nc(-c3ccc(CN4CCCCC4)cc3)cn12. The van der Waals surface area contributed by atoms with Crippen molar-refractivity contribution in [2.45, 2.75) is 58.9 Å². The van der Waals surface area contributed by atoms with Crippen molar-refractivity contribution < 1.29 is 4.79 Å². The number of unbranched alkanes of at least 4 members (excludes halogenated alkanes) is 1. The molecule has 0 unspecified atom stereocenters. The lowest BCUT2D eigenvalue weighted by atomic mass is 10.1. The molecule has 2 aromatic heterocycles. The molecule has 0 saturated carbocycles. The average Bonchev–Trinajstić information content (AvgIpc) is 3.47. The van der Waals surface area contributed by atoms with E-state index in [9.17, 15) is 4.79 Å². The van der Waals surface area contributed by atoms with E-state index in [0.29, 0.717) is 6.42 Å². The van der Waals surface area contributed by atoms with Gasteiger partial charge in [-0.1, -0.05) is 55.9 Å².